The second-order valence-corrected chi connectivity index (χ2v) is 30.2. The van der Waals surface area contributed by atoms with Gasteiger partial charge >= 0.3 is 32.3 Å². The molecule has 0 aliphatic rings. The summed E-state index contributed by atoms with van der Waals surface area (Å²) in [5, 5.41) is 51.2. The van der Waals surface area contributed by atoms with Gasteiger partial charge in [-0.25, -0.2) is 0 Å². The van der Waals surface area contributed by atoms with Crippen LogP contribution in [0.4, 0.5) is 22.7 Å². The summed E-state index contributed by atoms with van der Waals surface area (Å²) in [4.78, 5) is 4.31. The van der Waals surface area contributed by atoms with Gasteiger partial charge in [-0.05, 0) is 144 Å². The number of hydrogen-bond acceptors (Lipinski definition) is 8. The van der Waals surface area contributed by atoms with Crippen molar-refractivity contribution in [2.24, 2.45) is 0 Å². The van der Waals surface area contributed by atoms with E-state index in [4.69, 9.17) is 9.47 Å². The van der Waals surface area contributed by atoms with Gasteiger partial charge in [0.25, 0.3) is 0 Å². The summed E-state index contributed by atoms with van der Waals surface area (Å²) in [6.07, 6.45) is 1.43. The normalized spacial score (nSPS) is 11.6. The third-order valence-corrected chi connectivity index (χ3v) is 14.8. The van der Waals surface area contributed by atoms with Crippen LogP contribution in [-0.2, 0) is 44.6 Å². The number of ether oxygens (including phenoxy) is 2. The van der Waals surface area contributed by atoms with Crippen LogP contribution in [0, 0.1) is 27.7 Å². The molecule has 0 atom stereocenters. The average molecular weight is 1310 g/mol. The van der Waals surface area contributed by atoms with Crippen LogP contribution in [0.5, 0.6) is 34.5 Å². The summed E-state index contributed by atoms with van der Waals surface area (Å²) in [6.45, 7) is 35.6. The van der Waals surface area contributed by atoms with E-state index < -0.39 is 0 Å². The molecule has 448 valence electrons. The van der Waals surface area contributed by atoms with Crippen molar-refractivity contribution in [2.45, 2.75) is 155 Å². The van der Waals surface area contributed by atoms with Gasteiger partial charge in [0.05, 0.1) is 24.6 Å². The van der Waals surface area contributed by atoms with Gasteiger partial charge in [-0.2, -0.15) is 0 Å². The summed E-state index contributed by atoms with van der Waals surface area (Å²) < 4.78 is 16.7. The minimum atomic E-state index is -0.280. The summed E-state index contributed by atoms with van der Waals surface area (Å²) in [5.41, 5.74) is 12.9. The van der Waals surface area contributed by atoms with Gasteiger partial charge in [-0.15, -0.1) is 0 Å². The Labute approximate surface area is 521 Å². The molecular formula is C76H94HfN2O6. The fraction of sp³-hybridized carbons (Fsp3) is 0.368. The van der Waals surface area contributed by atoms with Gasteiger partial charge in [0.15, 0.2) is 0 Å². The molecule has 0 heterocycles. The van der Waals surface area contributed by atoms with Crippen molar-refractivity contribution >= 4 is 22.7 Å². The number of benzene rings is 8. The van der Waals surface area contributed by atoms with E-state index in [0.717, 1.165) is 89.9 Å². The van der Waals surface area contributed by atoms with Crippen molar-refractivity contribution in [3.63, 3.8) is 0 Å². The molecule has 0 amide bonds. The van der Waals surface area contributed by atoms with E-state index >= 15 is 0 Å². The molecule has 9 heteroatoms. The average Bonchev–Trinajstić information content (AvgIpc) is 1.71. The van der Waals surface area contributed by atoms with Gasteiger partial charge < -0.3 is 39.7 Å². The van der Waals surface area contributed by atoms with Crippen LogP contribution in [0.1, 0.15) is 140 Å². The number of phenols is 2. The number of para-hydroxylation sites is 4. The number of nitrogens with zero attached hydrogens (tertiary/aromatic N) is 2. The van der Waals surface area contributed by atoms with Gasteiger partial charge in [0, 0.05) is 46.7 Å². The van der Waals surface area contributed by atoms with Crippen molar-refractivity contribution in [1.29, 1.82) is 0 Å². The maximum atomic E-state index is 13.9. The first-order valence-electron chi connectivity index (χ1n) is 30.0. The Hall–Kier alpha value is -6.97. The molecule has 0 saturated heterocycles. The third-order valence-electron chi connectivity index (χ3n) is 14.8. The molecule has 0 spiro atoms. The first kappa shape index (κ1) is 67.2. The fourth-order valence-corrected chi connectivity index (χ4v) is 10.6. The van der Waals surface area contributed by atoms with Crippen molar-refractivity contribution in [3.8, 4) is 56.8 Å². The van der Waals surface area contributed by atoms with E-state index in [0.29, 0.717) is 50.3 Å². The maximum absolute atomic E-state index is 13.9. The van der Waals surface area contributed by atoms with Gasteiger partial charge in [-0.3, -0.25) is 0 Å². The molecular weight excluding hydrogens is 1220 g/mol. The molecule has 85 heavy (non-hydrogen) atoms. The number of anilines is 4. The molecule has 0 aliphatic heterocycles. The Bertz CT molecular complexity index is 3240. The molecule has 8 aromatic rings. The molecule has 0 unspecified atom stereocenters. The zero-order valence-electron chi connectivity index (χ0n) is 54.2. The summed E-state index contributed by atoms with van der Waals surface area (Å²) in [5.74, 6) is 2.29. The SMILES string of the molecule is Cc1cc(-c2ccccc2N(CCCOc2ccccc2)c2cc(C)cc(C(C)(C)C)c2O)c([O-])c(C(C)(C)C)c1.Cc1cc(-c2ccccc2N(CCCOc2ccccc2)c2cc(C)cc(C(C)(C)C)c2O)c([O-])c(C(C)(C)C)c1.[CH3][Hf+2][CH3]. The first-order chi connectivity index (χ1) is 40.0. The van der Waals surface area contributed by atoms with E-state index in [-0.39, 0.29) is 67.6 Å². The number of hydrogen-bond donors (Lipinski definition) is 2. The van der Waals surface area contributed by atoms with Crippen LogP contribution in [0.2, 0.25) is 9.36 Å². The van der Waals surface area contributed by atoms with E-state index in [9.17, 15) is 20.4 Å². The second-order valence-electron chi connectivity index (χ2n) is 26.6. The quantitative estimate of drug-likeness (QED) is 0.0727. The van der Waals surface area contributed by atoms with Crippen molar-refractivity contribution < 1.29 is 52.8 Å². The molecule has 8 nitrogen and oxygen atoms in total. The molecule has 0 aromatic heterocycles. The van der Waals surface area contributed by atoms with E-state index in [1.807, 2.05) is 159 Å². The Morgan fingerprint density at radius 3 is 0.976 bits per heavy atom. The van der Waals surface area contributed by atoms with Crippen LogP contribution < -0.4 is 29.5 Å². The Balaban J connectivity index is 0.000000260. The molecule has 0 fully saturated rings. The van der Waals surface area contributed by atoms with Crippen LogP contribution in [0.15, 0.2) is 158 Å². The van der Waals surface area contributed by atoms with E-state index in [1.165, 1.54) is 0 Å². The van der Waals surface area contributed by atoms with E-state index in [2.05, 4.69) is 128 Å². The van der Waals surface area contributed by atoms with Crippen molar-refractivity contribution in [1.82, 2.24) is 0 Å². The molecule has 2 N–H and O–H groups in total. The predicted octanol–water partition coefficient (Wildman–Crippen LogP) is 19.1. The summed E-state index contributed by atoms with van der Waals surface area (Å²) in [7, 11) is 0. The minimum absolute atomic E-state index is 0.0479. The molecule has 0 radical (unpaired) electrons. The number of phenolic OH excluding ortho intramolecular Hbond substituents is 2. The second kappa shape index (κ2) is 28.9. The standard InChI is InChI=1S/2C37H45NO3.2CH3.Hf/c2*1-25-21-29(34(39)30(22-25)36(3,4)5)28-17-12-13-18-32(28)38(19-14-20-41-27-15-10-9-11-16-27)33-24-26(2)23-31(35(33)40)37(6,7)8;;;/h2*9-13,15-18,21-24,39-40H,14,19-20H2,1-8H3;2*1H3;/q;;;;+2/p-2. The van der Waals surface area contributed by atoms with Gasteiger partial charge in [0.2, 0.25) is 0 Å². The molecule has 8 aromatic carbocycles. The third kappa shape index (κ3) is 17.6. The van der Waals surface area contributed by atoms with Crippen LogP contribution in [0.3, 0.4) is 0 Å². The fourth-order valence-electron chi connectivity index (χ4n) is 10.6. The number of aromatic hydroxyl groups is 2. The Morgan fingerprint density at radius 1 is 0.376 bits per heavy atom. The van der Waals surface area contributed by atoms with Crippen molar-refractivity contribution in [2.75, 3.05) is 36.1 Å². The topological polar surface area (TPSA) is 112 Å². The monoisotopic (exact) mass is 1310 g/mol. The number of aryl methyl sites for hydroxylation is 4. The molecule has 8 rings (SSSR count). The Kier molecular flexibility index (Phi) is 22.9. The molecule has 0 bridgehead atoms. The summed E-state index contributed by atoms with van der Waals surface area (Å²) >= 11 is 0.0833. The van der Waals surface area contributed by atoms with Crippen LogP contribution in [0.25, 0.3) is 22.3 Å². The van der Waals surface area contributed by atoms with Crippen molar-refractivity contribution in [3.05, 3.63) is 202 Å². The van der Waals surface area contributed by atoms with Crippen LogP contribution in [-0.4, -0.2) is 36.5 Å². The van der Waals surface area contributed by atoms with E-state index in [1.54, 1.807) is 0 Å². The first-order valence-corrected chi connectivity index (χ1v) is 37.1. The summed E-state index contributed by atoms with van der Waals surface area (Å²) in [6, 6.07) is 51.9. The van der Waals surface area contributed by atoms with Crippen LogP contribution >= 0.6 is 0 Å². The van der Waals surface area contributed by atoms with Gasteiger partial charge in [0.1, 0.15) is 23.0 Å². The predicted molar refractivity (Wildman–Crippen MR) is 351 cm³/mol. The molecule has 0 saturated carbocycles. The van der Waals surface area contributed by atoms with Gasteiger partial charge in [-0.1, -0.05) is 215 Å². The number of rotatable bonds is 16. The zero-order valence-corrected chi connectivity index (χ0v) is 57.8. The molecule has 0 aliphatic carbocycles. The Morgan fingerprint density at radius 2 is 0.659 bits per heavy atom. The zero-order chi connectivity index (χ0) is 62.6.